The molecule has 0 aliphatic carbocycles. The molecule has 1 N–H and O–H groups in total. The molecule has 0 spiro atoms. The van der Waals surface area contributed by atoms with E-state index in [9.17, 15) is 4.57 Å². The first-order valence-corrected chi connectivity index (χ1v) is 10.3. The van der Waals surface area contributed by atoms with Gasteiger partial charge in [-0.25, -0.2) is 4.98 Å². The SMILES string of the molecule is O=[PH](O)Cc1ccc(-c2cc(-c3ccccc3)c3ccccc3n2)s1. The Morgan fingerprint density at radius 2 is 1.72 bits per heavy atom. The van der Waals surface area contributed by atoms with Gasteiger partial charge in [0.15, 0.2) is 8.03 Å². The van der Waals surface area contributed by atoms with Crippen molar-refractivity contribution in [3.63, 3.8) is 0 Å². The highest BCUT2D eigenvalue weighted by molar-refractivity contribution is 7.37. The topological polar surface area (TPSA) is 50.2 Å². The van der Waals surface area contributed by atoms with Gasteiger partial charge in [0.05, 0.1) is 22.2 Å². The average molecular weight is 365 g/mol. The van der Waals surface area contributed by atoms with Crippen LogP contribution in [-0.4, -0.2) is 9.88 Å². The molecule has 0 aliphatic heterocycles. The van der Waals surface area contributed by atoms with Crippen molar-refractivity contribution in [3.05, 3.63) is 77.7 Å². The summed E-state index contributed by atoms with van der Waals surface area (Å²) < 4.78 is 11.1. The monoisotopic (exact) mass is 365 g/mol. The molecule has 0 fully saturated rings. The Morgan fingerprint density at radius 1 is 0.960 bits per heavy atom. The molecule has 3 nitrogen and oxygen atoms in total. The van der Waals surface area contributed by atoms with Crippen LogP contribution in [0.25, 0.3) is 32.6 Å². The van der Waals surface area contributed by atoms with Crippen molar-refractivity contribution in [2.24, 2.45) is 0 Å². The summed E-state index contributed by atoms with van der Waals surface area (Å²) in [7, 11) is -2.50. The molecule has 0 saturated carbocycles. The molecule has 124 valence electrons. The second-order valence-electron chi connectivity index (χ2n) is 5.77. The largest absolute Gasteiger partial charge is 0.346 e. The van der Waals surface area contributed by atoms with Gasteiger partial charge >= 0.3 is 0 Å². The molecule has 4 rings (SSSR count). The highest BCUT2D eigenvalue weighted by atomic mass is 32.1. The summed E-state index contributed by atoms with van der Waals surface area (Å²) in [6.07, 6.45) is 0.231. The summed E-state index contributed by atoms with van der Waals surface area (Å²) >= 11 is 1.53. The summed E-state index contributed by atoms with van der Waals surface area (Å²) in [5, 5.41) is 1.12. The predicted octanol–water partition coefficient (Wildman–Crippen LogP) is 5.60. The van der Waals surface area contributed by atoms with Crippen LogP contribution in [-0.2, 0) is 10.7 Å². The fraction of sp³-hybridized carbons (Fsp3) is 0.0500. The number of aromatic nitrogens is 1. The Labute approximate surface area is 150 Å². The molecule has 0 radical (unpaired) electrons. The first kappa shape index (κ1) is 16.2. The van der Waals surface area contributed by atoms with Crippen molar-refractivity contribution in [2.45, 2.75) is 6.16 Å². The van der Waals surface area contributed by atoms with Crippen LogP contribution in [0.15, 0.2) is 72.8 Å². The molecule has 2 heterocycles. The van der Waals surface area contributed by atoms with E-state index in [-0.39, 0.29) is 6.16 Å². The first-order chi connectivity index (χ1) is 12.2. The second-order valence-corrected chi connectivity index (χ2v) is 8.08. The van der Waals surface area contributed by atoms with Crippen LogP contribution in [0.3, 0.4) is 0 Å². The maximum Gasteiger partial charge on any atom is 0.194 e. The van der Waals surface area contributed by atoms with Crippen LogP contribution >= 0.6 is 19.4 Å². The van der Waals surface area contributed by atoms with E-state index in [1.54, 1.807) is 0 Å². The zero-order chi connectivity index (χ0) is 17.2. The maximum absolute atomic E-state index is 11.1. The van der Waals surface area contributed by atoms with Gasteiger partial charge in [-0.05, 0) is 35.4 Å². The van der Waals surface area contributed by atoms with E-state index >= 15 is 0 Å². The molecule has 0 aliphatic rings. The third-order valence-corrected chi connectivity index (χ3v) is 6.09. The lowest BCUT2D eigenvalue weighted by Crippen LogP contribution is -1.88. The molecule has 1 atom stereocenters. The number of thiophene rings is 1. The quantitative estimate of drug-likeness (QED) is 0.479. The number of fused-ring (bicyclic) bond motifs is 1. The minimum atomic E-state index is -2.50. The Bertz CT molecular complexity index is 1060. The van der Waals surface area contributed by atoms with Gasteiger partial charge in [0.2, 0.25) is 0 Å². The van der Waals surface area contributed by atoms with Gasteiger partial charge in [-0.3, -0.25) is 4.57 Å². The molecule has 4 aromatic rings. The number of nitrogens with zero attached hydrogens (tertiary/aromatic N) is 1. The Morgan fingerprint density at radius 3 is 2.52 bits per heavy atom. The molecular weight excluding hydrogens is 349 g/mol. The normalized spacial score (nSPS) is 12.4. The van der Waals surface area contributed by atoms with Crippen LogP contribution < -0.4 is 0 Å². The number of hydrogen-bond donors (Lipinski definition) is 1. The van der Waals surface area contributed by atoms with Crippen LogP contribution in [0, 0.1) is 0 Å². The van der Waals surface area contributed by atoms with Gasteiger partial charge in [0, 0.05) is 10.3 Å². The molecule has 2 aromatic heterocycles. The fourth-order valence-electron chi connectivity index (χ4n) is 2.92. The van der Waals surface area contributed by atoms with Gasteiger partial charge in [0.25, 0.3) is 0 Å². The lowest BCUT2D eigenvalue weighted by Gasteiger charge is -2.09. The van der Waals surface area contributed by atoms with Crippen molar-refractivity contribution in [1.82, 2.24) is 4.98 Å². The molecular formula is C20H16NO2PS. The second kappa shape index (κ2) is 6.93. The lowest BCUT2D eigenvalue weighted by atomic mass is 10.00. The minimum Gasteiger partial charge on any atom is -0.346 e. The third-order valence-electron chi connectivity index (χ3n) is 4.04. The van der Waals surface area contributed by atoms with Crippen molar-refractivity contribution in [1.29, 1.82) is 0 Å². The molecule has 25 heavy (non-hydrogen) atoms. The zero-order valence-corrected chi connectivity index (χ0v) is 15.2. The summed E-state index contributed by atoms with van der Waals surface area (Å²) in [6.45, 7) is 0. The number of hydrogen-bond acceptors (Lipinski definition) is 3. The smallest absolute Gasteiger partial charge is 0.194 e. The van der Waals surface area contributed by atoms with Gasteiger partial charge < -0.3 is 4.89 Å². The minimum absolute atomic E-state index is 0.231. The van der Waals surface area contributed by atoms with Gasteiger partial charge in [-0.1, -0.05) is 48.5 Å². The van der Waals surface area contributed by atoms with Crippen molar-refractivity contribution >= 4 is 30.3 Å². The molecule has 0 amide bonds. The van der Waals surface area contributed by atoms with Gasteiger partial charge in [0.1, 0.15) is 0 Å². The van der Waals surface area contributed by atoms with Crippen LogP contribution in [0.5, 0.6) is 0 Å². The molecule has 1 unspecified atom stereocenters. The summed E-state index contributed by atoms with van der Waals surface area (Å²) in [6, 6.07) is 24.4. The number of para-hydroxylation sites is 1. The molecule has 2 aromatic carbocycles. The van der Waals surface area contributed by atoms with E-state index in [2.05, 4.69) is 24.3 Å². The van der Waals surface area contributed by atoms with Crippen LogP contribution in [0.2, 0.25) is 0 Å². The van der Waals surface area contributed by atoms with Crippen molar-refractivity contribution in [2.75, 3.05) is 0 Å². The van der Waals surface area contributed by atoms with Crippen molar-refractivity contribution in [3.8, 4) is 21.7 Å². The molecule has 0 bridgehead atoms. The number of benzene rings is 2. The Balaban J connectivity index is 1.88. The van der Waals surface area contributed by atoms with Crippen molar-refractivity contribution < 1.29 is 9.46 Å². The van der Waals surface area contributed by atoms with Crippen LogP contribution in [0.4, 0.5) is 0 Å². The molecule has 5 heteroatoms. The van der Waals surface area contributed by atoms with Gasteiger partial charge in [-0.2, -0.15) is 0 Å². The summed E-state index contributed by atoms with van der Waals surface area (Å²) in [4.78, 5) is 15.9. The predicted molar refractivity (Wildman–Crippen MR) is 105 cm³/mol. The van der Waals surface area contributed by atoms with E-state index < -0.39 is 8.03 Å². The first-order valence-electron chi connectivity index (χ1n) is 7.97. The maximum atomic E-state index is 11.1. The summed E-state index contributed by atoms with van der Waals surface area (Å²) in [5.41, 5.74) is 4.14. The van der Waals surface area contributed by atoms with E-state index in [0.717, 1.165) is 37.5 Å². The Hall–Kier alpha value is -2.26. The van der Waals surface area contributed by atoms with E-state index in [1.165, 1.54) is 11.3 Å². The van der Waals surface area contributed by atoms with Crippen LogP contribution in [0.1, 0.15) is 4.88 Å². The van der Waals surface area contributed by atoms with E-state index in [1.807, 2.05) is 48.5 Å². The number of pyridine rings is 1. The van der Waals surface area contributed by atoms with E-state index in [0.29, 0.717) is 0 Å². The van der Waals surface area contributed by atoms with Gasteiger partial charge in [-0.15, -0.1) is 11.3 Å². The molecule has 0 saturated heterocycles. The Kier molecular flexibility index (Phi) is 4.50. The fourth-order valence-corrected chi connectivity index (χ4v) is 4.76. The lowest BCUT2D eigenvalue weighted by molar-refractivity contribution is 0.502. The summed E-state index contributed by atoms with van der Waals surface area (Å²) in [5.74, 6) is 0. The highest BCUT2D eigenvalue weighted by Crippen LogP contribution is 2.36. The third kappa shape index (κ3) is 3.42. The standard InChI is InChI=1S/C20H16NO2PS/c22-24(23)13-15-10-11-20(25-15)19-12-17(14-6-2-1-3-7-14)16-8-4-5-9-18(16)21-19/h1-12,24H,13H2,(H,22,23). The highest BCUT2D eigenvalue weighted by Gasteiger charge is 2.11. The van der Waals surface area contributed by atoms with E-state index in [4.69, 9.17) is 9.88 Å². The zero-order valence-electron chi connectivity index (χ0n) is 13.3. The average Bonchev–Trinajstić information content (AvgIpc) is 3.09. The number of rotatable bonds is 4.